The minimum Gasteiger partial charge on any atom is -0.358 e. The normalized spacial score (nSPS) is 10.7. The fraction of sp³-hybridized carbons (Fsp3) is 0.111. The third-order valence-electron chi connectivity index (χ3n) is 2.04. The highest BCUT2D eigenvalue weighted by Gasteiger charge is 2.17. The standard InChI is InChI=1S/C9H7ClN2O2/c1-5-4-6-8(11-5)3-2-7(10)9(6)12(13)14/h2-4,11H,1H3. The number of benzene rings is 1. The highest BCUT2D eigenvalue weighted by molar-refractivity contribution is 6.34. The Morgan fingerprint density at radius 3 is 2.86 bits per heavy atom. The molecule has 0 aliphatic carbocycles. The summed E-state index contributed by atoms with van der Waals surface area (Å²) in [6, 6.07) is 4.98. The maximum Gasteiger partial charge on any atom is 0.297 e. The van der Waals surface area contributed by atoms with Crippen molar-refractivity contribution in [2.45, 2.75) is 6.92 Å². The highest BCUT2D eigenvalue weighted by atomic mass is 35.5. The minimum absolute atomic E-state index is 0.0338. The van der Waals surface area contributed by atoms with E-state index in [4.69, 9.17) is 11.6 Å². The molecule has 14 heavy (non-hydrogen) atoms. The molecule has 2 aromatic rings. The molecule has 0 aliphatic rings. The summed E-state index contributed by atoms with van der Waals surface area (Å²) >= 11 is 5.75. The highest BCUT2D eigenvalue weighted by Crippen LogP contribution is 2.33. The van der Waals surface area contributed by atoms with Crippen LogP contribution in [-0.4, -0.2) is 9.91 Å². The van der Waals surface area contributed by atoms with Gasteiger partial charge in [-0.1, -0.05) is 11.6 Å². The van der Waals surface area contributed by atoms with Gasteiger partial charge in [-0.05, 0) is 25.1 Å². The summed E-state index contributed by atoms with van der Waals surface area (Å²) in [4.78, 5) is 13.3. The fourth-order valence-corrected chi connectivity index (χ4v) is 1.72. The molecule has 4 nitrogen and oxygen atoms in total. The van der Waals surface area contributed by atoms with E-state index in [-0.39, 0.29) is 10.7 Å². The van der Waals surface area contributed by atoms with E-state index in [1.807, 2.05) is 6.92 Å². The van der Waals surface area contributed by atoms with E-state index in [1.54, 1.807) is 12.1 Å². The second-order valence-corrected chi connectivity index (χ2v) is 3.47. The van der Waals surface area contributed by atoms with Gasteiger partial charge >= 0.3 is 0 Å². The van der Waals surface area contributed by atoms with Crippen molar-refractivity contribution in [2.75, 3.05) is 0 Å². The van der Waals surface area contributed by atoms with Gasteiger partial charge in [0.05, 0.1) is 15.8 Å². The van der Waals surface area contributed by atoms with Gasteiger partial charge in [0.1, 0.15) is 5.02 Å². The largest absolute Gasteiger partial charge is 0.358 e. The zero-order valence-electron chi connectivity index (χ0n) is 7.37. The molecule has 2 rings (SSSR count). The maximum atomic E-state index is 10.8. The fourth-order valence-electron chi connectivity index (χ4n) is 1.49. The Morgan fingerprint density at radius 1 is 1.50 bits per heavy atom. The molecule has 0 aliphatic heterocycles. The zero-order chi connectivity index (χ0) is 10.3. The number of nitrogens with zero attached hydrogens (tertiary/aromatic N) is 1. The summed E-state index contributed by atoms with van der Waals surface area (Å²) in [6.45, 7) is 1.84. The number of aromatic nitrogens is 1. The van der Waals surface area contributed by atoms with Crippen molar-refractivity contribution in [3.8, 4) is 0 Å². The van der Waals surface area contributed by atoms with E-state index < -0.39 is 4.92 Å². The van der Waals surface area contributed by atoms with Crippen molar-refractivity contribution >= 4 is 28.2 Å². The van der Waals surface area contributed by atoms with Crippen LogP contribution in [0.4, 0.5) is 5.69 Å². The molecular weight excluding hydrogens is 204 g/mol. The zero-order valence-corrected chi connectivity index (χ0v) is 8.13. The quantitative estimate of drug-likeness (QED) is 0.581. The molecular formula is C9H7ClN2O2. The van der Waals surface area contributed by atoms with Gasteiger partial charge in [0.15, 0.2) is 0 Å². The molecule has 72 valence electrons. The van der Waals surface area contributed by atoms with E-state index in [0.717, 1.165) is 11.2 Å². The summed E-state index contributed by atoms with van der Waals surface area (Å²) in [5, 5.41) is 11.5. The SMILES string of the molecule is Cc1cc2c([N+](=O)[O-])c(Cl)ccc2[nH]1. The Morgan fingerprint density at radius 2 is 2.21 bits per heavy atom. The van der Waals surface area contributed by atoms with Crippen molar-refractivity contribution in [3.05, 3.63) is 39.0 Å². The predicted octanol–water partition coefficient (Wildman–Crippen LogP) is 3.04. The first-order valence-corrected chi connectivity index (χ1v) is 4.39. The number of hydrogen-bond donors (Lipinski definition) is 1. The average molecular weight is 211 g/mol. The molecule has 0 spiro atoms. The summed E-state index contributed by atoms with van der Waals surface area (Å²) in [6.07, 6.45) is 0. The minimum atomic E-state index is -0.460. The maximum absolute atomic E-state index is 10.8. The number of fused-ring (bicyclic) bond motifs is 1. The van der Waals surface area contributed by atoms with E-state index in [9.17, 15) is 10.1 Å². The molecule has 0 atom stereocenters. The molecule has 0 amide bonds. The molecule has 1 N–H and O–H groups in total. The molecule has 0 fully saturated rings. The predicted molar refractivity (Wildman–Crippen MR) is 54.7 cm³/mol. The van der Waals surface area contributed by atoms with Crippen molar-refractivity contribution in [1.82, 2.24) is 4.98 Å². The van der Waals surface area contributed by atoms with Crippen LogP contribution in [0.3, 0.4) is 0 Å². The number of nitrogens with one attached hydrogen (secondary N) is 1. The van der Waals surface area contributed by atoms with Crippen molar-refractivity contribution in [2.24, 2.45) is 0 Å². The van der Waals surface area contributed by atoms with E-state index >= 15 is 0 Å². The second kappa shape index (κ2) is 2.99. The number of halogens is 1. The van der Waals surface area contributed by atoms with Crippen LogP contribution in [0.1, 0.15) is 5.69 Å². The molecule has 1 aromatic heterocycles. The van der Waals surface area contributed by atoms with Gasteiger partial charge in [0.2, 0.25) is 0 Å². The lowest BCUT2D eigenvalue weighted by Crippen LogP contribution is -1.89. The number of nitro groups is 1. The number of aryl methyl sites for hydroxylation is 1. The third kappa shape index (κ3) is 1.24. The smallest absolute Gasteiger partial charge is 0.297 e. The number of rotatable bonds is 1. The number of nitro benzene ring substituents is 1. The Labute approximate surface area is 84.6 Å². The lowest BCUT2D eigenvalue weighted by Gasteiger charge is -1.95. The summed E-state index contributed by atoms with van der Waals surface area (Å²) in [5.41, 5.74) is 1.58. The van der Waals surface area contributed by atoms with Crippen molar-refractivity contribution in [3.63, 3.8) is 0 Å². The van der Waals surface area contributed by atoms with E-state index in [0.29, 0.717) is 5.39 Å². The average Bonchev–Trinajstić information content (AvgIpc) is 2.43. The molecule has 0 saturated heterocycles. The molecule has 0 saturated carbocycles. The van der Waals surface area contributed by atoms with Crippen LogP contribution in [0.5, 0.6) is 0 Å². The molecule has 0 radical (unpaired) electrons. The second-order valence-electron chi connectivity index (χ2n) is 3.07. The summed E-state index contributed by atoms with van der Waals surface area (Å²) < 4.78 is 0. The van der Waals surface area contributed by atoms with Crippen LogP contribution >= 0.6 is 11.6 Å². The third-order valence-corrected chi connectivity index (χ3v) is 2.35. The number of aromatic amines is 1. The molecule has 1 heterocycles. The topological polar surface area (TPSA) is 58.9 Å². The Balaban J connectivity index is 2.88. The first-order chi connectivity index (χ1) is 6.59. The van der Waals surface area contributed by atoms with E-state index in [2.05, 4.69) is 4.98 Å². The van der Waals surface area contributed by atoms with Crippen LogP contribution in [0.15, 0.2) is 18.2 Å². The van der Waals surface area contributed by atoms with Gasteiger partial charge in [-0.2, -0.15) is 0 Å². The van der Waals surface area contributed by atoms with Crippen LogP contribution in [0.2, 0.25) is 5.02 Å². The van der Waals surface area contributed by atoms with Crippen LogP contribution in [-0.2, 0) is 0 Å². The molecule has 1 aromatic carbocycles. The molecule has 0 bridgehead atoms. The monoisotopic (exact) mass is 210 g/mol. The van der Waals surface area contributed by atoms with Gasteiger partial charge in [-0.3, -0.25) is 10.1 Å². The lowest BCUT2D eigenvalue weighted by molar-refractivity contribution is -0.382. The van der Waals surface area contributed by atoms with Crippen LogP contribution in [0, 0.1) is 17.0 Å². The Hall–Kier alpha value is -1.55. The first-order valence-electron chi connectivity index (χ1n) is 4.02. The van der Waals surface area contributed by atoms with Crippen molar-refractivity contribution < 1.29 is 4.92 Å². The van der Waals surface area contributed by atoms with Gasteiger partial charge in [0.25, 0.3) is 5.69 Å². The van der Waals surface area contributed by atoms with Gasteiger partial charge in [-0.15, -0.1) is 0 Å². The van der Waals surface area contributed by atoms with Crippen LogP contribution in [0.25, 0.3) is 10.9 Å². The number of H-pyrrole nitrogens is 1. The summed E-state index contributed by atoms with van der Waals surface area (Å²) in [7, 11) is 0. The molecule has 0 unspecified atom stereocenters. The molecule has 5 heteroatoms. The van der Waals surface area contributed by atoms with Gasteiger partial charge in [-0.25, -0.2) is 0 Å². The Bertz CT molecular complexity index is 519. The Kier molecular flexibility index (Phi) is 1.93. The van der Waals surface area contributed by atoms with Gasteiger partial charge < -0.3 is 4.98 Å². The number of hydrogen-bond acceptors (Lipinski definition) is 2. The van der Waals surface area contributed by atoms with Crippen molar-refractivity contribution in [1.29, 1.82) is 0 Å². The van der Waals surface area contributed by atoms with Gasteiger partial charge in [0, 0.05) is 5.69 Å². The van der Waals surface area contributed by atoms with Crippen LogP contribution < -0.4 is 0 Å². The summed E-state index contributed by atoms with van der Waals surface area (Å²) in [5.74, 6) is 0. The lowest BCUT2D eigenvalue weighted by atomic mass is 10.2. The first kappa shape index (κ1) is 9.02. The van der Waals surface area contributed by atoms with E-state index in [1.165, 1.54) is 6.07 Å².